The van der Waals surface area contributed by atoms with Crippen molar-refractivity contribution in [2.24, 2.45) is 0 Å². The molecule has 0 amide bonds. The van der Waals surface area contributed by atoms with E-state index in [4.69, 9.17) is 4.74 Å². The molecule has 0 aliphatic carbocycles. The van der Waals surface area contributed by atoms with Crippen LogP contribution in [0.2, 0.25) is 0 Å². The van der Waals surface area contributed by atoms with E-state index in [0.29, 0.717) is 24.0 Å². The van der Waals surface area contributed by atoms with Gasteiger partial charge in [0.05, 0.1) is 29.5 Å². The first-order valence-corrected chi connectivity index (χ1v) is 12.2. The van der Waals surface area contributed by atoms with Gasteiger partial charge in [0, 0.05) is 48.8 Å². The van der Waals surface area contributed by atoms with Gasteiger partial charge in [-0.25, -0.2) is 0 Å². The van der Waals surface area contributed by atoms with Crippen LogP contribution in [-0.4, -0.2) is 51.9 Å². The molecule has 2 aromatic heterocycles. The van der Waals surface area contributed by atoms with Gasteiger partial charge in [-0.2, -0.15) is 10.4 Å². The molecule has 1 saturated heterocycles. The third kappa shape index (κ3) is 3.85. The average Bonchev–Trinajstić information content (AvgIpc) is 3.26. The number of pyridine rings is 1. The highest BCUT2D eigenvalue weighted by Gasteiger charge is 2.31. The minimum Gasteiger partial charge on any atom is -0.476 e. The smallest absolute Gasteiger partial charge is 0.251 e. The van der Waals surface area contributed by atoms with E-state index in [9.17, 15) is 10.1 Å². The fourth-order valence-corrected chi connectivity index (χ4v) is 5.74. The second kappa shape index (κ2) is 8.82. The molecular formula is C26H28N6O2. The summed E-state index contributed by atoms with van der Waals surface area (Å²) in [4.78, 5) is 15.0. The summed E-state index contributed by atoms with van der Waals surface area (Å²) in [5.41, 5.74) is 4.85. The molecule has 8 heteroatoms. The average molecular weight is 457 g/mol. The topological polar surface area (TPSA) is 96.1 Å². The van der Waals surface area contributed by atoms with Crippen molar-refractivity contribution < 1.29 is 4.74 Å². The van der Waals surface area contributed by atoms with Gasteiger partial charge in [0.1, 0.15) is 0 Å². The fourth-order valence-electron chi connectivity index (χ4n) is 5.74. The summed E-state index contributed by atoms with van der Waals surface area (Å²) in [5.74, 6) is 0.862. The Labute approximate surface area is 198 Å². The zero-order chi connectivity index (χ0) is 23.1. The predicted octanol–water partition coefficient (Wildman–Crippen LogP) is 2.34. The molecule has 1 aromatic carbocycles. The molecule has 1 unspecified atom stereocenters. The highest BCUT2D eigenvalue weighted by Crippen LogP contribution is 2.36. The van der Waals surface area contributed by atoms with Crippen LogP contribution in [0.4, 0.5) is 0 Å². The van der Waals surface area contributed by atoms with Crippen molar-refractivity contribution in [3.05, 3.63) is 63.1 Å². The molecule has 174 valence electrons. The van der Waals surface area contributed by atoms with E-state index in [-0.39, 0.29) is 11.5 Å². The summed E-state index contributed by atoms with van der Waals surface area (Å²) in [6.07, 6.45) is 4.18. The van der Waals surface area contributed by atoms with Gasteiger partial charge in [0.2, 0.25) is 5.88 Å². The fraction of sp³-hybridized carbons (Fsp3) is 0.462. The number of nitriles is 1. The number of aryl methyl sites for hydroxylation is 1. The lowest BCUT2D eigenvalue weighted by molar-refractivity contribution is 0.184. The third-order valence-corrected chi connectivity index (χ3v) is 7.47. The van der Waals surface area contributed by atoms with Crippen LogP contribution >= 0.6 is 0 Å². The van der Waals surface area contributed by atoms with Crippen molar-refractivity contribution >= 4 is 10.9 Å². The van der Waals surface area contributed by atoms with Crippen LogP contribution in [0, 0.1) is 11.3 Å². The zero-order valence-electron chi connectivity index (χ0n) is 19.2. The summed E-state index contributed by atoms with van der Waals surface area (Å²) >= 11 is 0. The molecule has 1 fully saturated rings. The number of ether oxygens (including phenoxy) is 1. The van der Waals surface area contributed by atoms with Crippen LogP contribution in [-0.2, 0) is 19.5 Å². The Hall–Kier alpha value is -3.28. The van der Waals surface area contributed by atoms with Gasteiger partial charge in [-0.3, -0.25) is 4.79 Å². The third-order valence-electron chi connectivity index (χ3n) is 7.47. The van der Waals surface area contributed by atoms with Gasteiger partial charge < -0.3 is 19.5 Å². The molecule has 0 bridgehead atoms. The normalized spacial score (nSPS) is 20.1. The van der Waals surface area contributed by atoms with Gasteiger partial charge in [-0.15, -0.1) is 5.10 Å². The van der Waals surface area contributed by atoms with E-state index in [1.807, 2.05) is 22.8 Å². The molecule has 3 aliphatic rings. The van der Waals surface area contributed by atoms with Gasteiger partial charge in [-0.05, 0) is 62.4 Å². The molecule has 1 atom stereocenters. The van der Waals surface area contributed by atoms with Crippen molar-refractivity contribution in [3.63, 3.8) is 0 Å². The van der Waals surface area contributed by atoms with Gasteiger partial charge in [0.25, 0.3) is 5.56 Å². The molecular weight excluding hydrogens is 428 g/mol. The lowest BCUT2D eigenvalue weighted by Gasteiger charge is -2.34. The highest BCUT2D eigenvalue weighted by atomic mass is 16.5. The van der Waals surface area contributed by atoms with Gasteiger partial charge >= 0.3 is 0 Å². The van der Waals surface area contributed by atoms with Crippen molar-refractivity contribution in [2.75, 3.05) is 26.2 Å². The SMILES string of the molecule is N#Cc1ccc2ccc(=O)n3c2c1C(CN1CCC(NCc2cc4c(nn2)OCCC4)CC1)C3. The standard InChI is InChI=1S/C26H28N6O2/c27-13-19-4-3-17-5-6-23(33)32-16-20(24(19)25(17)32)15-31-9-7-21(8-10-31)28-14-22-12-18-2-1-11-34-26(18)30-29-22/h3-6,12,20-21,28H,1-2,7-11,14-16H2. The Balaban J connectivity index is 1.08. The quantitative estimate of drug-likeness (QED) is 0.630. The van der Waals surface area contributed by atoms with Crippen LogP contribution in [0.3, 0.4) is 0 Å². The first-order valence-electron chi connectivity index (χ1n) is 12.2. The minimum atomic E-state index is 0.0195. The first-order chi connectivity index (χ1) is 16.7. The molecule has 1 N–H and O–H groups in total. The molecule has 6 rings (SSSR count). The number of benzene rings is 1. The lowest BCUT2D eigenvalue weighted by Crippen LogP contribution is -2.43. The molecule has 0 saturated carbocycles. The Bertz CT molecular complexity index is 1340. The van der Waals surface area contributed by atoms with E-state index >= 15 is 0 Å². The number of nitrogens with one attached hydrogen (secondary N) is 1. The maximum absolute atomic E-state index is 12.5. The monoisotopic (exact) mass is 456 g/mol. The summed E-state index contributed by atoms with van der Waals surface area (Å²) in [5, 5.41) is 23.0. The molecule has 5 heterocycles. The number of piperidine rings is 1. The summed E-state index contributed by atoms with van der Waals surface area (Å²) in [7, 11) is 0. The Morgan fingerprint density at radius 3 is 2.88 bits per heavy atom. The van der Waals surface area contributed by atoms with E-state index < -0.39 is 0 Å². The molecule has 0 radical (unpaired) electrons. The van der Waals surface area contributed by atoms with E-state index in [1.54, 1.807) is 6.07 Å². The van der Waals surface area contributed by atoms with E-state index in [1.165, 1.54) is 0 Å². The summed E-state index contributed by atoms with van der Waals surface area (Å²) in [6.45, 7) is 4.98. The van der Waals surface area contributed by atoms with E-state index in [0.717, 1.165) is 86.2 Å². The molecule has 8 nitrogen and oxygen atoms in total. The number of hydrogen-bond donors (Lipinski definition) is 1. The lowest BCUT2D eigenvalue weighted by atomic mass is 9.93. The van der Waals surface area contributed by atoms with Crippen LogP contribution in [0.1, 0.15) is 47.6 Å². The predicted molar refractivity (Wildman–Crippen MR) is 128 cm³/mol. The highest BCUT2D eigenvalue weighted by molar-refractivity contribution is 5.86. The molecule has 3 aromatic rings. The number of aromatic nitrogens is 3. The minimum absolute atomic E-state index is 0.0195. The molecule has 34 heavy (non-hydrogen) atoms. The Kier molecular flexibility index (Phi) is 5.52. The van der Waals surface area contributed by atoms with Crippen LogP contribution in [0.15, 0.2) is 35.1 Å². The Morgan fingerprint density at radius 1 is 1.18 bits per heavy atom. The summed E-state index contributed by atoms with van der Waals surface area (Å²) in [6, 6.07) is 12.3. The second-order valence-electron chi connectivity index (χ2n) is 9.63. The second-order valence-corrected chi connectivity index (χ2v) is 9.63. The number of hydrogen-bond acceptors (Lipinski definition) is 7. The molecule has 0 spiro atoms. The Morgan fingerprint density at radius 2 is 2.03 bits per heavy atom. The maximum atomic E-state index is 12.5. The van der Waals surface area contributed by atoms with Crippen LogP contribution in [0.5, 0.6) is 5.88 Å². The van der Waals surface area contributed by atoms with Gasteiger partial charge in [-0.1, -0.05) is 6.07 Å². The van der Waals surface area contributed by atoms with Crippen molar-refractivity contribution in [2.45, 2.75) is 50.7 Å². The number of nitrogens with zero attached hydrogens (tertiary/aromatic N) is 5. The van der Waals surface area contributed by atoms with Crippen molar-refractivity contribution in [1.82, 2.24) is 25.0 Å². The van der Waals surface area contributed by atoms with E-state index in [2.05, 4.69) is 32.5 Å². The summed E-state index contributed by atoms with van der Waals surface area (Å²) < 4.78 is 7.42. The number of fused-ring (bicyclic) bond motifs is 1. The van der Waals surface area contributed by atoms with Crippen molar-refractivity contribution in [1.29, 1.82) is 5.26 Å². The zero-order valence-corrected chi connectivity index (χ0v) is 19.2. The van der Waals surface area contributed by atoms with Crippen molar-refractivity contribution in [3.8, 4) is 11.9 Å². The van der Waals surface area contributed by atoms with Gasteiger partial charge in [0.15, 0.2) is 0 Å². The molecule has 3 aliphatic heterocycles. The first kappa shape index (κ1) is 21.3. The number of rotatable bonds is 5. The largest absolute Gasteiger partial charge is 0.476 e. The van der Waals surface area contributed by atoms with Crippen LogP contribution < -0.4 is 15.6 Å². The number of likely N-dealkylation sites (tertiary alicyclic amines) is 1. The maximum Gasteiger partial charge on any atom is 0.251 e. The van der Waals surface area contributed by atoms with Crippen LogP contribution in [0.25, 0.3) is 10.9 Å².